The highest BCUT2D eigenvalue weighted by Gasteiger charge is 2.29. The molecule has 2 rings (SSSR count). The predicted octanol–water partition coefficient (Wildman–Crippen LogP) is 3.89. The van der Waals surface area contributed by atoms with Gasteiger partial charge in [-0.15, -0.1) is 0 Å². The molecule has 2 aromatic carbocycles. The topological polar surface area (TPSA) is 86.8 Å². The molecular weight excluding hydrogens is 488 g/mol. The number of hydrogen-bond donors (Lipinski definition) is 1. The fourth-order valence-corrected chi connectivity index (χ4v) is 4.88. The van der Waals surface area contributed by atoms with Crippen molar-refractivity contribution in [2.75, 3.05) is 23.7 Å². The number of rotatable bonds is 13. The Hall–Kier alpha value is -3.01. The highest BCUT2D eigenvalue weighted by atomic mass is 32.2. The van der Waals surface area contributed by atoms with Gasteiger partial charge in [0.25, 0.3) is 0 Å². The SMILES string of the molecule is CC[C@H](C(=O)NC(C)C)N(CCc1ccccc1)C(=O)CCCN(c1ccc(F)c(F)c1)S(C)(=O)=O. The smallest absolute Gasteiger partial charge is 0.242 e. The summed E-state index contributed by atoms with van der Waals surface area (Å²) in [5, 5.41) is 2.87. The molecule has 0 aliphatic heterocycles. The zero-order valence-electron chi connectivity index (χ0n) is 21.2. The second kappa shape index (κ2) is 13.3. The Bertz CT molecular complexity index is 1130. The van der Waals surface area contributed by atoms with E-state index in [-0.39, 0.29) is 42.9 Å². The van der Waals surface area contributed by atoms with Crippen LogP contribution in [0.2, 0.25) is 0 Å². The summed E-state index contributed by atoms with van der Waals surface area (Å²) in [5.41, 5.74) is 1.00. The fraction of sp³-hybridized carbons (Fsp3) is 0.462. The molecule has 0 radical (unpaired) electrons. The molecule has 0 saturated carbocycles. The Morgan fingerprint density at radius 1 is 1.00 bits per heavy atom. The van der Waals surface area contributed by atoms with Crippen molar-refractivity contribution in [3.63, 3.8) is 0 Å². The lowest BCUT2D eigenvalue weighted by Gasteiger charge is -2.31. The maximum absolute atomic E-state index is 13.7. The van der Waals surface area contributed by atoms with E-state index in [1.807, 2.05) is 51.1 Å². The van der Waals surface area contributed by atoms with Crippen molar-refractivity contribution in [2.45, 2.75) is 58.5 Å². The maximum Gasteiger partial charge on any atom is 0.242 e. The van der Waals surface area contributed by atoms with Gasteiger partial charge in [0.1, 0.15) is 6.04 Å². The second-order valence-electron chi connectivity index (χ2n) is 8.95. The summed E-state index contributed by atoms with van der Waals surface area (Å²) in [6.07, 6.45) is 2.06. The molecule has 0 aliphatic rings. The van der Waals surface area contributed by atoms with Crippen LogP contribution in [-0.2, 0) is 26.0 Å². The van der Waals surface area contributed by atoms with Crippen LogP contribution in [0, 0.1) is 11.6 Å². The molecule has 2 amide bonds. The zero-order chi connectivity index (χ0) is 26.9. The number of anilines is 1. The number of nitrogens with zero attached hydrogens (tertiary/aromatic N) is 2. The van der Waals surface area contributed by atoms with Gasteiger partial charge in [-0.25, -0.2) is 17.2 Å². The van der Waals surface area contributed by atoms with E-state index >= 15 is 0 Å². The Labute approximate surface area is 212 Å². The lowest BCUT2D eigenvalue weighted by molar-refractivity contribution is -0.141. The number of benzene rings is 2. The number of amides is 2. The Kier molecular flexibility index (Phi) is 10.8. The molecule has 0 saturated heterocycles. The van der Waals surface area contributed by atoms with Crippen LogP contribution in [0.1, 0.15) is 45.6 Å². The van der Waals surface area contributed by atoms with Crippen LogP contribution in [0.15, 0.2) is 48.5 Å². The van der Waals surface area contributed by atoms with Gasteiger partial charge in [-0.2, -0.15) is 0 Å². The molecule has 1 atom stereocenters. The van der Waals surface area contributed by atoms with Crippen molar-refractivity contribution in [1.82, 2.24) is 10.2 Å². The largest absolute Gasteiger partial charge is 0.352 e. The lowest BCUT2D eigenvalue weighted by Crippen LogP contribution is -2.51. The molecule has 36 heavy (non-hydrogen) atoms. The van der Waals surface area contributed by atoms with E-state index in [1.165, 1.54) is 6.07 Å². The Morgan fingerprint density at radius 2 is 1.67 bits per heavy atom. The second-order valence-corrected chi connectivity index (χ2v) is 10.9. The average Bonchev–Trinajstić information content (AvgIpc) is 2.80. The molecule has 0 heterocycles. The van der Waals surface area contributed by atoms with E-state index < -0.39 is 27.7 Å². The summed E-state index contributed by atoms with van der Waals surface area (Å²) in [6, 6.07) is 11.7. The zero-order valence-corrected chi connectivity index (χ0v) is 22.0. The van der Waals surface area contributed by atoms with Crippen molar-refractivity contribution >= 4 is 27.5 Å². The van der Waals surface area contributed by atoms with E-state index in [4.69, 9.17) is 0 Å². The molecule has 1 N–H and O–H groups in total. The monoisotopic (exact) mass is 523 g/mol. The average molecular weight is 524 g/mol. The number of carbonyl (C=O) groups excluding carboxylic acids is 2. The van der Waals surface area contributed by atoms with Gasteiger partial charge in [-0.1, -0.05) is 37.3 Å². The number of sulfonamides is 1. The van der Waals surface area contributed by atoms with Gasteiger partial charge in [0.2, 0.25) is 21.8 Å². The van der Waals surface area contributed by atoms with Crippen molar-refractivity contribution in [3.05, 3.63) is 65.7 Å². The van der Waals surface area contributed by atoms with Crippen molar-refractivity contribution in [1.29, 1.82) is 0 Å². The van der Waals surface area contributed by atoms with Gasteiger partial charge in [-0.05, 0) is 50.8 Å². The molecule has 7 nitrogen and oxygen atoms in total. The van der Waals surface area contributed by atoms with Crippen LogP contribution in [0.5, 0.6) is 0 Å². The predicted molar refractivity (Wildman–Crippen MR) is 137 cm³/mol. The first-order valence-electron chi connectivity index (χ1n) is 12.0. The van der Waals surface area contributed by atoms with E-state index in [0.29, 0.717) is 19.4 Å². The molecular formula is C26H35F2N3O4S. The molecule has 0 spiro atoms. The highest BCUT2D eigenvalue weighted by Crippen LogP contribution is 2.21. The van der Waals surface area contributed by atoms with Gasteiger partial charge in [0.15, 0.2) is 11.6 Å². The van der Waals surface area contributed by atoms with Gasteiger partial charge in [0, 0.05) is 31.6 Å². The summed E-state index contributed by atoms with van der Waals surface area (Å²) in [6.45, 7) is 5.75. The third kappa shape index (κ3) is 8.58. The van der Waals surface area contributed by atoms with Crippen molar-refractivity contribution in [2.24, 2.45) is 0 Å². The normalized spacial score (nSPS) is 12.3. The molecule has 0 unspecified atom stereocenters. The first-order chi connectivity index (χ1) is 16.9. The summed E-state index contributed by atoms with van der Waals surface area (Å²) in [5.74, 6) is -2.77. The molecule has 0 bridgehead atoms. The number of hydrogen-bond acceptors (Lipinski definition) is 4. The van der Waals surface area contributed by atoms with Crippen molar-refractivity contribution in [3.8, 4) is 0 Å². The van der Waals surface area contributed by atoms with Crippen LogP contribution >= 0.6 is 0 Å². The fourth-order valence-electron chi connectivity index (χ4n) is 3.92. The Balaban J connectivity index is 2.17. The summed E-state index contributed by atoms with van der Waals surface area (Å²) in [4.78, 5) is 27.7. The van der Waals surface area contributed by atoms with Crippen LogP contribution in [0.25, 0.3) is 0 Å². The molecule has 0 aliphatic carbocycles. The van der Waals surface area contributed by atoms with Gasteiger partial charge in [-0.3, -0.25) is 13.9 Å². The highest BCUT2D eigenvalue weighted by molar-refractivity contribution is 7.92. The van der Waals surface area contributed by atoms with E-state index in [0.717, 1.165) is 28.3 Å². The molecule has 2 aromatic rings. The van der Waals surface area contributed by atoms with E-state index in [9.17, 15) is 26.8 Å². The first-order valence-corrected chi connectivity index (χ1v) is 13.8. The standard InChI is InChI=1S/C26H35F2N3O4S/c1-5-24(26(33)29-19(2)3)30(17-15-20-10-7-6-8-11-20)25(32)12-9-16-31(36(4,34)35)21-13-14-22(27)23(28)18-21/h6-8,10-11,13-14,18-19,24H,5,9,12,15-17H2,1-4H3,(H,29,33)/t24-/m1/s1. The van der Waals surface area contributed by atoms with Gasteiger partial charge < -0.3 is 10.2 Å². The van der Waals surface area contributed by atoms with Crippen LogP contribution in [0.4, 0.5) is 14.5 Å². The summed E-state index contributed by atoms with van der Waals surface area (Å²) >= 11 is 0. The third-order valence-corrected chi connectivity index (χ3v) is 6.84. The van der Waals surface area contributed by atoms with E-state index in [2.05, 4.69) is 5.32 Å². The molecule has 10 heteroatoms. The third-order valence-electron chi connectivity index (χ3n) is 5.64. The molecule has 198 valence electrons. The maximum atomic E-state index is 13.7. The number of halogens is 2. The minimum Gasteiger partial charge on any atom is -0.352 e. The molecule has 0 aromatic heterocycles. The van der Waals surface area contributed by atoms with Gasteiger partial charge >= 0.3 is 0 Å². The number of nitrogens with one attached hydrogen (secondary N) is 1. The first kappa shape index (κ1) is 29.2. The van der Waals surface area contributed by atoms with Crippen LogP contribution in [0.3, 0.4) is 0 Å². The van der Waals surface area contributed by atoms with Crippen LogP contribution < -0.4 is 9.62 Å². The van der Waals surface area contributed by atoms with Crippen molar-refractivity contribution < 1.29 is 26.8 Å². The number of carbonyl (C=O) groups is 2. The minimum atomic E-state index is -3.80. The molecule has 0 fully saturated rings. The van der Waals surface area contributed by atoms with Crippen LogP contribution in [-0.4, -0.2) is 56.6 Å². The minimum absolute atomic E-state index is 0.0179. The lowest BCUT2D eigenvalue weighted by atomic mass is 10.1. The summed E-state index contributed by atoms with van der Waals surface area (Å²) in [7, 11) is -3.80. The van der Waals surface area contributed by atoms with E-state index in [1.54, 1.807) is 4.90 Å². The summed E-state index contributed by atoms with van der Waals surface area (Å²) < 4.78 is 52.6. The quantitative estimate of drug-likeness (QED) is 0.432. The van der Waals surface area contributed by atoms with Gasteiger partial charge in [0.05, 0.1) is 11.9 Å². The Morgan fingerprint density at radius 3 is 2.22 bits per heavy atom.